The van der Waals surface area contributed by atoms with Gasteiger partial charge in [0.15, 0.2) is 5.78 Å². The number of ketones is 1. The van der Waals surface area contributed by atoms with Gasteiger partial charge in [-0.2, -0.15) is 0 Å². The molecule has 4 heteroatoms. The number of rotatable bonds is 5. The van der Waals surface area contributed by atoms with Crippen LogP contribution in [0.4, 0.5) is 0 Å². The summed E-state index contributed by atoms with van der Waals surface area (Å²) in [6.45, 7) is 6.06. The Labute approximate surface area is 144 Å². The summed E-state index contributed by atoms with van der Waals surface area (Å²) in [5.74, 6) is -0.945. The van der Waals surface area contributed by atoms with E-state index in [0.717, 1.165) is 36.0 Å². The lowest BCUT2D eigenvalue weighted by molar-refractivity contribution is -0.154. The van der Waals surface area contributed by atoms with Gasteiger partial charge < -0.3 is 9.47 Å². The van der Waals surface area contributed by atoms with Crippen molar-refractivity contribution in [3.05, 3.63) is 34.4 Å². The van der Waals surface area contributed by atoms with Gasteiger partial charge in [-0.3, -0.25) is 9.59 Å². The average molecular weight is 332 g/mol. The predicted octanol–water partition coefficient (Wildman–Crippen LogP) is 3.85. The minimum Gasteiger partial charge on any atom is -0.469 e. The minimum atomic E-state index is -0.624. The molecule has 4 nitrogen and oxygen atoms in total. The first-order valence-electron chi connectivity index (χ1n) is 8.62. The van der Waals surface area contributed by atoms with E-state index in [4.69, 9.17) is 9.47 Å². The van der Waals surface area contributed by atoms with E-state index in [9.17, 15) is 9.59 Å². The molecule has 0 amide bonds. The van der Waals surface area contributed by atoms with Gasteiger partial charge >= 0.3 is 5.97 Å². The fourth-order valence-corrected chi connectivity index (χ4v) is 4.08. The number of ether oxygens (including phenoxy) is 2. The van der Waals surface area contributed by atoms with Gasteiger partial charge in [-0.05, 0) is 50.3 Å². The van der Waals surface area contributed by atoms with Crippen LogP contribution in [0.1, 0.15) is 54.0 Å². The van der Waals surface area contributed by atoms with E-state index in [1.165, 1.54) is 12.7 Å². The third-order valence-electron chi connectivity index (χ3n) is 5.13. The van der Waals surface area contributed by atoms with Crippen molar-refractivity contribution in [2.75, 3.05) is 14.2 Å². The van der Waals surface area contributed by atoms with Crippen molar-refractivity contribution < 1.29 is 19.1 Å². The summed E-state index contributed by atoms with van der Waals surface area (Å²) >= 11 is 0. The Kier molecular flexibility index (Phi) is 6.16. The highest BCUT2D eigenvalue weighted by Crippen LogP contribution is 2.37. The largest absolute Gasteiger partial charge is 0.469 e. The summed E-state index contributed by atoms with van der Waals surface area (Å²) in [7, 11) is 2.96. The Morgan fingerprint density at radius 3 is 2.04 bits per heavy atom. The molecule has 0 spiro atoms. The lowest BCUT2D eigenvalue weighted by atomic mass is 9.74. The molecule has 1 aromatic rings. The topological polar surface area (TPSA) is 52.6 Å². The molecule has 1 saturated carbocycles. The summed E-state index contributed by atoms with van der Waals surface area (Å²) in [6.07, 6.45) is 2.74. The first-order chi connectivity index (χ1) is 11.4. The van der Waals surface area contributed by atoms with Crippen LogP contribution in [-0.4, -0.2) is 26.0 Å². The molecule has 0 aliphatic heterocycles. The first kappa shape index (κ1) is 18.7. The van der Waals surface area contributed by atoms with E-state index < -0.39 is 6.10 Å². The van der Waals surface area contributed by atoms with Gasteiger partial charge in [0.2, 0.25) is 0 Å². The lowest BCUT2D eigenvalue weighted by Crippen LogP contribution is -2.36. The second-order valence-corrected chi connectivity index (χ2v) is 6.85. The summed E-state index contributed by atoms with van der Waals surface area (Å²) in [5.41, 5.74) is 4.21. The third-order valence-corrected chi connectivity index (χ3v) is 5.13. The molecule has 0 bridgehead atoms. The molecule has 0 aromatic heterocycles. The number of hydrogen-bond acceptors (Lipinski definition) is 4. The highest BCUT2D eigenvalue weighted by molar-refractivity contribution is 5.91. The molecule has 2 rings (SSSR count). The fourth-order valence-electron chi connectivity index (χ4n) is 4.08. The van der Waals surface area contributed by atoms with Gasteiger partial charge in [-0.15, -0.1) is 0 Å². The number of esters is 1. The van der Waals surface area contributed by atoms with Crippen LogP contribution in [0.2, 0.25) is 0 Å². The van der Waals surface area contributed by atoms with Crippen LogP contribution in [0, 0.1) is 32.6 Å². The zero-order valence-corrected chi connectivity index (χ0v) is 15.3. The second kappa shape index (κ2) is 7.93. The highest BCUT2D eigenvalue weighted by Gasteiger charge is 2.40. The Morgan fingerprint density at radius 1 is 1.00 bits per heavy atom. The molecule has 0 N–H and O–H groups in total. The molecule has 1 aromatic carbocycles. The summed E-state index contributed by atoms with van der Waals surface area (Å²) in [5, 5.41) is 0. The maximum Gasteiger partial charge on any atom is 0.309 e. The minimum absolute atomic E-state index is 0.00246. The van der Waals surface area contributed by atoms with Gasteiger partial charge in [-0.25, -0.2) is 0 Å². The molecule has 3 atom stereocenters. The number of carbonyl (C=O) groups excluding carboxylic acids is 2. The molecule has 3 unspecified atom stereocenters. The van der Waals surface area contributed by atoms with Crippen LogP contribution in [0.3, 0.4) is 0 Å². The lowest BCUT2D eigenvalue weighted by Gasteiger charge is -2.31. The standard InChI is InChI=1S/C20H28O4/c1-12-10-13(2)17(14(3)11-12)19(23-4)18(21)15-8-6-7-9-16(15)20(22)24-5/h10-11,15-16,19H,6-9H2,1-5H3. The number of benzene rings is 1. The number of carbonyl (C=O) groups is 2. The number of methoxy groups -OCH3 is 2. The molecule has 1 fully saturated rings. The van der Waals surface area contributed by atoms with Crippen molar-refractivity contribution in [3.8, 4) is 0 Å². The molecule has 1 aliphatic carbocycles. The maximum atomic E-state index is 13.2. The van der Waals surface area contributed by atoms with E-state index >= 15 is 0 Å². The van der Waals surface area contributed by atoms with E-state index in [1.54, 1.807) is 7.11 Å². The zero-order valence-electron chi connectivity index (χ0n) is 15.3. The van der Waals surface area contributed by atoms with Gasteiger partial charge in [0.25, 0.3) is 0 Å². The van der Waals surface area contributed by atoms with Crippen molar-refractivity contribution >= 4 is 11.8 Å². The molecule has 24 heavy (non-hydrogen) atoms. The molecular formula is C20H28O4. The van der Waals surface area contributed by atoms with Crippen molar-refractivity contribution in [2.45, 2.75) is 52.6 Å². The third kappa shape index (κ3) is 3.69. The normalized spacial score (nSPS) is 22.0. The summed E-state index contributed by atoms with van der Waals surface area (Å²) in [4.78, 5) is 25.3. The SMILES string of the molecule is COC(=O)C1CCCCC1C(=O)C(OC)c1c(C)cc(C)cc1C. The average Bonchev–Trinajstić information content (AvgIpc) is 2.56. The Balaban J connectivity index is 2.36. The molecule has 0 saturated heterocycles. The van der Waals surface area contributed by atoms with Gasteiger partial charge in [0.1, 0.15) is 6.10 Å². The number of hydrogen-bond donors (Lipinski definition) is 0. The summed E-state index contributed by atoms with van der Waals surface area (Å²) in [6, 6.07) is 4.14. The van der Waals surface area contributed by atoms with Crippen molar-refractivity contribution in [1.82, 2.24) is 0 Å². The van der Waals surface area contributed by atoms with Crippen LogP contribution in [0.25, 0.3) is 0 Å². The zero-order chi connectivity index (χ0) is 17.9. The molecule has 132 valence electrons. The maximum absolute atomic E-state index is 13.2. The van der Waals surface area contributed by atoms with E-state index in [-0.39, 0.29) is 23.6 Å². The van der Waals surface area contributed by atoms with Gasteiger partial charge in [-0.1, -0.05) is 30.5 Å². The molecular weight excluding hydrogens is 304 g/mol. The number of aryl methyl sites for hydroxylation is 3. The second-order valence-electron chi connectivity index (χ2n) is 6.85. The van der Waals surface area contributed by atoms with Gasteiger partial charge in [0.05, 0.1) is 13.0 Å². The Morgan fingerprint density at radius 2 is 1.54 bits per heavy atom. The van der Waals surface area contributed by atoms with E-state index in [2.05, 4.69) is 12.1 Å². The van der Waals surface area contributed by atoms with Gasteiger partial charge in [0, 0.05) is 13.0 Å². The monoisotopic (exact) mass is 332 g/mol. The van der Waals surface area contributed by atoms with Crippen molar-refractivity contribution in [3.63, 3.8) is 0 Å². The smallest absolute Gasteiger partial charge is 0.309 e. The summed E-state index contributed by atoms with van der Waals surface area (Å²) < 4.78 is 10.5. The molecule has 0 heterocycles. The Bertz CT molecular complexity index is 597. The highest BCUT2D eigenvalue weighted by atomic mass is 16.5. The van der Waals surface area contributed by atoms with Crippen molar-refractivity contribution in [1.29, 1.82) is 0 Å². The van der Waals surface area contributed by atoms with Crippen LogP contribution < -0.4 is 0 Å². The van der Waals surface area contributed by atoms with Crippen LogP contribution in [0.5, 0.6) is 0 Å². The first-order valence-corrected chi connectivity index (χ1v) is 8.62. The van der Waals surface area contributed by atoms with Crippen molar-refractivity contribution in [2.24, 2.45) is 11.8 Å². The molecule has 1 aliphatic rings. The van der Waals surface area contributed by atoms with E-state index in [1.807, 2.05) is 20.8 Å². The van der Waals surface area contributed by atoms with Crippen LogP contribution in [-0.2, 0) is 19.1 Å². The quantitative estimate of drug-likeness (QED) is 0.769. The fraction of sp³-hybridized carbons (Fsp3) is 0.600. The molecule has 0 radical (unpaired) electrons. The Hall–Kier alpha value is -1.68. The number of Topliss-reactive ketones (excluding diaryl/α,β-unsaturated/α-hetero) is 1. The van der Waals surface area contributed by atoms with Crippen LogP contribution in [0.15, 0.2) is 12.1 Å². The van der Waals surface area contributed by atoms with Crippen LogP contribution >= 0.6 is 0 Å². The van der Waals surface area contributed by atoms with E-state index in [0.29, 0.717) is 6.42 Å². The predicted molar refractivity (Wildman–Crippen MR) is 92.9 cm³/mol.